The normalized spacial score (nSPS) is 34.5. The van der Waals surface area contributed by atoms with E-state index < -0.39 is 9.84 Å². The van der Waals surface area contributed by atoms with Crippen LogP contribution < -0.4 is 5.73 Å². The quantitative estimate of drug-likeness (QED) is 0.781. The van der Waals surface area contributed by atoms with Crippen LogP contribution in [0.4, 0.5) is 0 Å². The molecule has 0 aliphatic carbocycles. The molecular formula is C14H27N3O2S. The third-order valence-electron chi connectivity index (χ3n) is 5.61. The Morgan fingerprint density at radius 3 is 2.50 bits per heavy atom. The van der Waals surface area contributed by atoms with Crippen LogP contribution >= 0.6 is 0 Å². The molecule has 0 bridgehead atoms. The third-order valence-corrected chi connectivity index (χ3v) is 7.26. The summed E-state index contributed by atoms with van der Waals surface area (Å²) in [5.74, 6) is 0.629. The molecule has 3 saturated heterocycles. The predicted molar refractivity (Wildman–Crippen MR) is 80.5 cm³/mol. The summed E-state index contributed by atoms with van der Waals surface area (Å²) in [7, 11) is -2.82. The third kappa shape index (κ3) is 2.75. The molecule has 3 aliphatic heterocycles. The molecule has 0 aromatic carbocycles. The summed E-state index contributed by atoms with van der Waals surface area (Å²) in [5.41, 5.74) is 6.03. The van der Waals surface area contributed by atoms with Gasteiger partial charge in [-0.15, -0.1) is 0 Å². The largest absolute Gasteiger partial charge is 0.329 e. The van der Waals surface area contributed by atoms with Gasteiger partial charge >= 0.3 is 0 Å². The second-order valence-electron chi connectivity index (χ2n) is 6.71. The van der Waals surface area contributed by atoms with Gasteiger partial charge in [0.25, 0.3) is 0 Å². The lowest BCUT2D eigenvalue weighted by Crippen LogP contribution is -2.59. The topological polar surface area (TPSA) is 66.6 Å². The van der Waals surface area contributed by atoms with E-state index in [1.54, 1.807) is 0 Å². The first-order chi connectivity index (χ1) is 9.55. The lowest BCUT2D eigenvalue weighted by molar-refractivity contribution is 0.0747. The molecule has 6 heteroatoms. The molecule has 2 N–H and O–H groups in total. The van der Waals surface area contributed by atoms with E-state index in [1.165, 1.54) is 32.4 Å². The van der Waals surface area contributed by atoms with Crippen LogP contribution in [0, 0.1) is 0 Å². The summed E-state index contributed by atoms with van der Waals surface area (Å²) in [6.07, 6.45) is 5.22. The van der Waals surface area contributed by atoms with Crippen molar-refractivity contribution < 1.29 is 8.42 Å². The molecule has 116 valence electrons. The highest BCUT2D eigenvalue weighted by Crippen LogP contribution is 2.32. The molecule has 0 spiro atoms. The Balaban J connectivity index is 1.75. The van der Waals surface area contributed by atoms with Crippen molar-refractivity contribution in [3.63, 3.8) is 0 Å². The molecule has 1 unspecified atom stereocenters. The lowest BCUT2D eigenvalue weighted by atomic mass is 9.89. The van der Waals surface area contributed by atoms with Gasteiger partial charge in [-0.05, 0) is 45.2 Å². The first-order valence-corrected chi connectivity index (χ1v) is 9.76. The highest BCUT2D eigenvalue weighted by molar-refractivity contribution is 7.91. The Hall–Kier alpha value is -0.170. The van der Waals surface area contributed by atoms with Gasteiger partial charge in [0, 0.05) is 31.2 Å². The highest BCUT2D eigenvalue weighted by atomic mass is 32.2. The molecule has 3 heterocycles. The Bertz CT molecular complexity index is 437. The maximum Gasteiger partial charge on any atom is 0.150 e. The van der Waals surface area contributed by atoms with Crippen LogP contribution in [0.2, 0.25) is 0 Å². The van der Waals surface area contributed by atoms with Crippen LogP contribution in [0.25, 0.3) is 0 Å². The zero-order valence-corrected chi connectivity index (χ0v) is 13.1. The highest BCUT2D eigenvalue weighted by Gasteiger charge is 2.43. The molecule has 0 radical (unpaired) electrons. The second-order valence-corrected chi connectivity index (χ2v) is 9.02. The van der Waals surface area contributed by atoms with Crippen molar-refractivity contribution >= 4 is 9.84 Å². The minimum Gasteiger partial charge on any atom is -0.329 e. The standard InChI is InChI=1S/C14H27N3O2S/c15-12-14(4-9-20(18,19)10-5-14)17-8-2-7-16-6-1-3-13(16)11-17/h13H,1-12,15H2. The smallest absolute Gasteiger partial charge is 0.150 e. The van der Waals surface area contributed by atoms with Crippen molar-refractivity contribution in [3.05, 3.63) is 0 Å². The van der Waals surface area contributed by atoms with Gasteiger partial charge in [-0.1, -0.05) is 0 Å². The number of hydrogen-bond donors (Lipinski definition) is 1. The molecule has 20 heavy (non-hydrogen) atoms. The molecule has 3 fully saturated rings. The van der Waals surface area contributed by atoms with Crippen LogP contribution in [0.1, 0.15) is 32.1 Å². The van der Waals surface area contributed by atoms with Gasteiger partial charge in [0.2, 0.25) is 0 Å². The van der Waals surface area contributed by atoms with Crippen molar-refractivity contribution in [1.29, 1.82) is 0 Å². The Morgan fingerprint density at radius 2 is 1.80 bits per heavy atom. The molecule has 0 aromatic heterocycles. The van der Waals surface area contributed by atoms with E-state index in [4.69, 9.17) is 5.73 Å². The number of rotatable bonds is 2. The van der Waals surface area contributed by atoms with Gasteiger partial charge in [0.05, 0.1) is 11.5 Å². The molecule has 3 aliphatic rings. The molecular weight excluding hydrogens is 274 g/mol. The van der Waals surface area contributed by atoms with Crippen molar-refractivity contribution in [2.45, 2.75) is 43.7 Å². The van der Waals surface area contributed by atoms with E-state index in [0.29, 0.717) is 24.1 Å². The van der Waals surface area contributed by atoms with E-state index in [9.17, 15) is 8.42 Å². The second kappa shape index (κ2) is 5.55. The van der Waals surface area contributed by atoms with E-state index in [0.717, 1.165) is 25.9 Å². The molecule has 0 aromatic rings. The van der Waals surface area contributed by atoms with Crippen molar-refractivity contribution in [3.8, 4) is 0 Å². The van der Waals surface area contributed by atoms with Gasteiger partial charge in [-0.25, -0.2) is 8.42 Å². The number of nitrogens with zero attached hydrogens (tertiary/aromatic N) is 2. The molecule has 5 nitrogen and oxygen atoms in total. The lowest BCUT2D eigenvalue weighted by Gasteiger charge is -2.46. The summed E-state index contributed by atoms with van der Waals surface area (Å²) in [5, 5.41) is 0. The molecule has 0 amide bonds. The van der Waals surface area contributed by atoms with Gasteiger partial charge in [0.15, 0.2) is 0 Å². The Kier molecular flexibility index (Phi) is 4.10. The minimum atomic E-state index is -2.82. The summed E-state index contributed by atoms with van der Waals surface area (Å²) in [4.78, 5) is 5.15. The first kappa shape index (κ1) is 14.8. The maximum absolute atomic E-state index is 11.7. The predicted octanol–water partition coefficient (Wildman–Crippen LogP) is 0.0626. The number of hydrogen-bond acceptors (Lipinski definition) is 5. The average Bonchev–Trinajstić information content (AvgIpc) is 2.77. The fraction of sp³-hybridized carbons (Fsp3) is 1.00. The van der Waals surface area contributed by atoms with Crippen molar-refractivity contribution in [1.82, 2.24) is 9.80 Å². The maximum atomic E-state index is 11.7. The Morgan fingerprint density at radius 1 is 1.10 bits per heavy atom. The number of nitrogens with two attached hydrogens (primary N) is 1. The molecule has 3 rings (SSSR count). The SMILES string of the molecule is NCC1(N2CCCN3CCCC3C2)CCS(=O)(=O)CC1. The summed E-state index contributed by atoms with van der Waals surface area (Å²) < 4.78 is 23.4. The molecule has 1 atom stereocenters. The van der Waals surface area contributed by atoms with E-state index >= 15 is 0 Å². The zero-order valence-electron chi connectivity index (χ0n) is 12.3. The number of fused-ring (bicyclic) bond motifs is 1. The summed E-state index contributed by atoms with van der Waals surface area (Å²) in [6.45, 7) is 5.18. The van der Waals surface area contributed by atoms with Gasteiger partial charge < -0.3 is 5.73 Å². The fourth-order valence-electron chi connectivity index (χ4n) is 4.20. The minimum absolute atomic E-state index is 0.0656. The van der Waals surface area contributed by atoms with E-state index in [1.807, 2.05) is 0 Å². The van der Waals surface area contributed by atoms with Crippen LogP contribution in [-0.2, 0) is 9.84 Å². The van der Waals surface area contributed by atoms with E-state index in [-0.39, 0.29) is 5.54 Å². The fourth-order valence-corrected chi connectivity index (χ4v) is 5.79. The zero-order chi connectivity index (χ0) is 14.2. The van der Waals surface area contributed by atoms with Gasteiger partial charge in [0.1, 0.15) is 9.84 Å². The van der Waals surface area contributed by atoms with E-state index in [2.05, 4.69) is 9.80 Å². The van der Waals surface area contributed by atoms with Gasteiger partial charge in [-0.3, -0.25) is 9.80 Å². The van der Waals surface area contributed by atoms with Crippen molar-refractivity contribution in [2.75, 3.05) is 44.2 Å². The first-order valence-electron chi connectivity index (χ1n) is 7.94. The van der Waals surface area contributed by atoms with Crippen LogP contribution in [-0.4, -0.2) is 74.0 Å². The summed E-state index contributed by atoms with van der Waals surface area (Å²) >= 11 is 0. The number of sulfone groups is 1. The summed E-state index contributed by atoms with van der Waals surface area (Å²) in [6, 6.07) is 0.666. The van der Waals surface area contributed by atoms with Crippen LogP contribution in [0.15, 0.2) is 0 Å². The average molecular weight is 301 g/mol. The van der Waals surface area contributed by atoms with Crippen molar-refractivity contribution in [2.24, 2.45) is 5.73 Å². The molecule has 0 saturated carbocycles. The monoisotopic (exact) mass is 301 g/mol. The Labute approximate surface area is 122 Å². The van der Waals surface area contributed by atoms with Crippen LogP contribution in [0.3, 0.4) is 0 Å². The van der Waals surface area contributed by atoms with Gasteiger partial charge in [-0.2, -0.15) is 0 Å². The van der Waals surface area contributed by atoms with Crippen LogP contribution in [0.5, 0.6) is 0 Å².